The molecule has 2 atom stereocenters. The Labute approximate surface area is 171 Å². The van der Waals surface area contributed by atoms with Gasteiger partial charge in [-0.05, 0) is 38.0 Å². The van der Waals surface area contributed by atoms with E-state index in [9.17, 15) is 35.6 Å². The van der Waals surface area contributed by atoms with E-state index in [1.54, 1.807) is 0 Å². The van der Waals surface area contributed by atoms with Crippen molar-refractivity contribution in [2.75, 3.05) is 0 Å². The van der Waals surface area contributed by atoms with Crippen molar-refractivity contribution >= 4 is 34.1 Å². The normalized spacial score (nSPS) is 33.4. The zero-order chi connectivity index (χ0) is 22.5. The highest BCUT2D eigenvalue weighted by Gasteiger charge is 2.63. The molecule has 0 aromatic heterocycles. The van der Waals surface area contributed by atoms with Crippen LogP contribution in [0.15, 0.2) is 0 Å². The highest BCUT2D eigenvalue weighted by Crippen LogP contribution is 2.58. The molecule has 0 heterocycles. The molecule has 4 aliphatic rings. The molecule has 30 heavy (non-hydrogen) atoms. The van der Waals surface area contributed by atoms with E-state index in [4.69, 9.17) is 19.3 Å². The fourth-order valence-corrected chi connectivity index (χ4v) is 5.35. The summed E-state index contributed by atoms with van der Waals surface area (Å²) in [6.07, 6.45) is -0.277. The van der Waals surface area contributed by atoms with E-state index in [1.165, 1.54) is 0 Å². The molecule has 0 aromatic rings. The first-order chi connectivity index (χ1) is 13.7. The lowest BCUT2D eigenvalue weighted by Crippen LogP contribution is -2.60. The molecule has 10 nitrogen and oxygen atoms in total. The summed E-state index contributed by atoms with van der Waals surface area (Å²) in [6, 6.07) is 0. The smallest absolute Gasteiger partial charge is 0.457 e. The van der Waals surface area contributed by atoms with E-state index in [0.29, 0.717) is 12.8 Å². The fraction of sp³-hybridized carbons (Fsp3) is 0.857. The van der Waals surface area contributed by atoms with Crippen molar-refractivity contribution in [2.45, 2.75) is 54.3 Å². The van der Waals surface area contributed by atoms with Gasteiger partial charge in [0.25, 0.3) is 0 Å². The Morgan fingerprint density at radius 2 is 1.60 bits per heavy atom. The molecule has 4 rings (SSSR count). The molecule has 0 aromatic carbocycles. The third-order valence-corrected chi connectivity index (χ3v) is 6.97. The molecule has 0 amide bonds. The minimum atomic E-state index is -6.04. The predicted molar refractivity (Wildman–Crippen MR) is 86.1 cm³/mol. The molecule has 16 heteroatoms. The third kappa shape index (κ3) is 4.25. The van der Waals surface area contributed by atoms with Crippen molar-refractivity contribution in [3.63, 3.8) is 0 Å². The van der Waals surface area contributed by atoms with Crippen molar-refractivity contribution in [1.29, 1.82) is 0 Å². The van der Waals surface area contributed by atoms with Crippen LogP contribution < -0.4 is 0 Å². The zero-order valence-electron chi connectivity index (χ0n) is 14.8. The lowest BCUT2D eigenvalue weighted by atomic mass is 9.53. The Kier molecular flexibility index (Phi) is 6.05. The topological polar surface area (TPSA) is 146 Å². The molecule has 4 aliphatic carbocycles. The quantitative estimate of drug-likeness (QED) is 0.130. The van der Waals surface area contributed by atoms with Crippen molar-refractivity contribution in [3.8, 4) is 0 Å². The van der Waals surface area contributed by atoms with E-state index in [0.717, 1.165) is 0 Å². The number of hydrogen-bond donors (Lipinski definition) is 2. The number of hydrogen-bond acceptors (Lipinski definition) is 10. The summed E-state index contributed by atoms with van der Waals surface area (Å²) >= 11 is -0.788. The number of rotatable bonds is 8. The van der Waals surface area contributed by atoms with Crippen molar-refractivity contribution < 1.29 is 64.2 Å². The molecule has 0 spiro atoms. The Hall–Kier alpha value is -1.20. The minimum Gasteiger partial charge on any atom is -0.457 e. The van der Waals surface area contributed by atoms with Gasteiger partial charge in [0.2, 0.25) is 0 Å². The zero-order valence-corrected chi connectivity index (χ0v) is 16.5. The van der Waals surface area contributed by atoms with E-state index < -0.39 is 68.1 Å². The standard InChI is InChI=1S/C14H16F4O10S2/c15-13(16,29-28-27-21)10(19)25-9-7-1-6-2-8(9)5-12(3-6,4-7)26-11(20)14(17,18)30(22,23)24/h6-9,21H,1-5H2,(H,22,23,24). The Morgan fingerprint density at radius 3 is 2.10 bits per heavy atom. The minimum absolute atomic E-state index is 0.111. The summed E-state index contributed by atoms with van der Waals surface area (Å²) in [5.41, 5.74) is -1.48. The fourth-order valence-electron chi connectivity index (χ4n) is 4.87. The SMILES string of the molecule is O=C(OC1C2CC3CC1CC(OC(=O)C(F)(F)S(=O)(=O)O)(C3)C2)C(F)(F)SOOO. The molecule has 4 bridgehead atoms. The number of alkyl halides is 4. The van der Waals surface area contributed by atoms with Crippen LogP contribution in [0, 0.1) is 17.8 Å². The van der Waals surface area contributed by atoms with Gasteiger partial charge in [0.1, 0.15) is 23.7 Å². The second-order valence-corrected chi connectivity index (χ2v) is 9.93. The largest absolute Gasteiger partial charge is 0.465 e. The van der Waals surface area contributed by atoms with Gasteiger partial charge in [-0.1, -0.05) is 5.04 Å². The van der Waals surface area contributed by atoms with Crippen LogP contribution in [0.2, 0.25) is 0 Å². The molecular formula is C14H16F4O10S2. The summed E-state index contributed by atoms with van der Waals surface area (Å²) in [7, 11) is -6.04. The lowest BCUT2D eigenvalue weighted by molar-refractivity contribution is -0.433. The Bertz CT molecular complexity index is 804. The van der Waals surface area contributed by atoms with Gasteiger partial charge in [0, 0.05) is 11.8 Å². The van der Waals surface area contributed by atoms with Crippen LogP contribution in [0.5, 0.6) is 0 Å². The maximum Gasteiger partial charge on any atom is 0.465 e. The third-order valence-electron chi connectivity index (χ3n) is 5.65. The predicted octanol–water partition coefficient (Wildman–Crippen LogP) is 2.16. The molecule has 2 N–H and O–H groups in total. The van der Waals surface area contributed by atoms with Crippen molar-refractivity contribution in [1.82, 2.24) is 0 Å². The van der Waals surface area contributed by atoms with E-state index in [2.05, 4.69) is 9.37 Å². The Morgan fingerprint density at radius 1 is 1.03 bits per heavy atom. The molecule has 0 saturated heterocycles. The summed E-state index contributed by atoms with van der Waals surface area (Å²) in [5, 5.41) is 1.58. The van der Waals surface area contributed by atoms with Gasteiger partial charge < -0.3 is 9.47 Å². The average molecular weight is 484 g/mol. The molecule has 4 saturated carbocycles. The van der Waals surface area contributed by atoms with Gasteiger partial charge in [-0.2, -0.15) is 26.0 Å². The summed E-state index contributed by atoms with van der Waals surface area (Å²) in [4.78, 5) is 23.5. The number of ether oxygens (including phenoxy) is 2. The highest BCUT2D eigenvalue weighted by atomic mass is 32.2. The van der Waals surface area contributed by atoms with Crippen molar-refractivity contribution in [3.05, 3.63) is 0 Å². The molecule has 0 aliphatic heterocycles. The van der Waals surface area contributed by atoms with Crippen LogP contribution >= 0.6 is 12.0 Å². The molecular weight excluding hydrogens is 468 g/mol. The van der Waals surface area contributed by atoms with Crippen LogP contribution in [0.4, 0.5) is 17.6 Å². The van der Waals surface area contributed by atoms with Gasteiger partial charge in [-0.15, -0.1) is 4.33 Å². The number of carbonyl (C=O) groups excluding carboxylic acids is 2. The second kappa shape index (κ2) is 7.74. The summed E-state index contributed by atoms with van der Waals surface area (Å²) in [6.45, 7) is 0. The van der Waals surface area contributed by atoms with Gasteiger partial charge in [0.05, 0.1) is 0 Å². The summed E-state index contributed by atoms with van der Waals surface area (Å²) < 4.78 is 97.9. The van der Waals surface area contributed by atoms with Gasteiger partial charge in [-0.25, -0.2) is 14.8 Å². The maximum atomic E-state index is 13.7. The van der Waals surface area contributed by atoms with Gasteiger partial charge in [-0.3, -0.25) is 4.55 Å². The van der Waals surface area contributed by atoms with Crippen LogP contribution in [-0.4, -0.2) is 52.4 Å². The first kappa shape index (κ1) is 23.5. The average Bonchev–Trinajstić information content (AvgIpc) is 2.60. The van der Waals surface area contributed by atoms with Gasteiger partial charge in [0.15, 0.2) is 0 Å². The number of halogens is 4. The van der Waals surface area contributed by atoms with Crippen molar-refractivity contribution in [2.24, 2.45) is 17.8 Å². The first-order valence-corrected chi connectivity index (χ1v) is 10.7. The molecule has 0 radical (unpaired) electrons. The second-order valence-electron chi connectivity index (χ2n) is 7.65. The van der Waals surface area contributed by atoms with Crippen LogP contribution in [0.3, 0.4) is 0 Å². The van der Waals surface area contributed by atoms with Crippen LogP contribution in [0.1, 0.15) is 32.1 Å². The van der Waals surface area contributed by atoms with Gasteiger partial charge >= 0.3 is 32.6 Å². The van der Waals surface area contributed by atoms with Crippen LogP contribution in [0.25, 0.3) is 0 Å². The molecule has 4 fully saturated rings. The Balaban J connectivity index is 1.71. The maximum absolute atomic E-state index is 13.7. The number of esters is 2. The van der Waals surface area contributed by atoms with E-state index in [-0.39, 0.29) is 25.2 Å². The van der Waals surface area contributed by atoms with E-state index >= 15 is 0 Å². The molecule has 172 valence electrons. The van der Waals surface area contributed by atoms with E-state index in [1.807, 2.05) is 0 Å². The highest BCUT2D eigenvalue weighted by molar-refractivity contribution is 7.96. The lowest BCUT2D eigenvalue weighted by Gasteiger charge is -2.58. The monoisotopic (exact) mass is 484 g/mol. The van der Waals surface area contributed by atoms with Crippen LogP contribution in [-0.2, 0) is 38.6 Å². The molecule has 2 unspecified atom stereocenters. The summed E-state index contributed by atoms with van der Waals surface area (Å²) in [5.74, 6) is -5.72. The number of carbonyl (C=O) groups is 2. The first-order valence-electron chi connectivity index (χ1n) is 8.54.